The van der Waals surface area contributed by atoms with Crippen LogP contribution in [0.5, 0.6) is 11.5 Å². The van der Waals surface area contributed by atoms with E-state index < -0.39 is 0 Å². The van der Waals surface area contributed by atoms with Gasteiger partial charge in [-0.25, -0.2) is 4.98 Å². The maximum absolute atomic E-state index is 12.9. The lowest BCUT2D eigenvalue weighted by atomic mass is 9.49. The second-order valence-electron chi connectivity index (χ2n) is 12.9. The Kier molecular flexibility index (Phi) is 10.5. The Morgan fingerprint density at radius 2 is 1.73 bits per heavy atom. The minimum Gasteiger partial charge on any atom is -0.493 e. The number of carbonyl (C=O) groups excluding carboxylic acids is 2. The number of benzene rings is 1. The molecule has 2 aromatic rings. The fourth-order valence-electron chi connectivity index (χ4n) is 7.76. The van der Waals surface area contributed by atoms with E-state index in [1.54, 1.807) is 13.3 Å². The van der Waals surface area contributed by atoms with Gasteiger partial charge in [-0.1, -0.05) is 6.07 Å². The van der Waals surface area contributed by atoms with E-state index in [2.05, 4.69) is 15.3 Å². The molecule has 1 aromatic carbocycles. The zero-order chi connectivity index (χ0) is 31.1. The minimum atomic E-state index is -0.229. The average Bonchev–Trinajstić information content (AvgIpc) is 2.97. The van der Waals surface area contributed by atoms with Gasteiger partial charge in [-0.15, -0.1) is 0 Å². The molecule has 0 unspecified atom stereocenters. The topological polar surface area (TPSA) is 161 Å². The monoisotopic (exact) mass is 609 g/mol. The third-order valence-electron chi connectivity index (χ3n) is 9.38. The number of esters is 1. The molecule has 4 saturated carbocycles. The summed E-state index contributed by atoms with van der Waals surface area (Å²) in [6.45, 7) is 3.86. The average molecular weight is 610 g/mol. The van der Waals surface area contributed by atoms with E-state index in [1.165, 1.54) is 19.3 Å². The molecule has 4 aliphatic carbocycles. The van der Waals surface area contributed by atoms with Crippen molar-refractivity contribution in [1.29, 1.82) is 0 Å². The molecule has 1 aromatic heterocycles. The number of aryl methyl sites for hydroxylation is 1. The number of anilines is 2. The lowest BCUT2D eigenvalue weighted by molar-refractivity contribution is -0.172. The maximum atomic E-state index is 12.9. The van der Waals surface area contributed by atoms with Gasteiger partial charge in [0.2, 0.25) is 11.9 Å². The molecular weight excluding hydrogens is 562 g/mol. The standard InChI is InChI=1S/C33H47N5O6/c1-21-11-22(15-26-20-37-32(35)38-30(26)34)16-27(41-2)29(21)43-7-4-3-5-28(39)36-6-8-42-9-10-44-31(40)33-17-23-12-24(18-33)14-25(13-23)19-33/h11,16,20,23-25H,3-10,12-15,17-19H2,1-2H3,(H,36,39)(H4,34,35,37,38). The zero-order valence-electron chi connectivity index (χ0n) is 26.1. The van der Waals surface area contributed by atoms with Crippen molar-refractivity contribution >= 4 is 23.6 Å². The largest absolute Gasteiger partial charge is 0.493 e. The molecule has 240 valence electrons. The van der Waals surface area contributed by atoms with E-state index in [4.69, 9.17) is 30.4 Å². The predicted octanol–water partition coefficient (Wildman–Crippen LogP) is 3.99. The van der Waals surface area contributed by atoms with Crippen LogP contribution in [0, 0.1) is 30.1 Å². The van der Waals surface area contributed by atoms with Crippen LogP contribution in [-0.2, 0) is 25.5 Å². The highest BCUT2D eigenvalue weighted by Gasteiger charge is 2.55. The summed E-state index contributed by atoms with van der Waals surface area (Å²) in [4.78, 5) is 33.2. The van der Waals surface area contributed by atoms with Crippen LogP contribution < -0.4 is 26.3 Å². The number of nitrogens with two attached hydrogens (primary N) is 2. The van der Waals surface area contributed by atoms with Gasteiger partial charge in [-0.3, -0.25) is 9.59 Å². The first-order chi connectivity index (χ1) is 21.2. The molecule has 1 heterocycles. The predicted molar refractivity (Wildman–Crippen MR) is 166 cm³/mol. The number of hydrogen-bond donors (Lipinski definition) is 3. The van der Waals surface area contributed by atoms with Crippen LogP contribution in [0.4, 0.5) is 11.8 Å². The van der Waals surface area contributed by atoms with Gasteiger partial charge in [0.25, 0.3) is 0 Å². The number of ether oxygens (including phenoxy) is 4. The third-order valence-corrected chi connectivity index (χ3v) is 9.38. The van der Waals surface area contributed by atoms with Crippen molar-refractivity contribution in [3.8, 4) is 11.5 Å². The van der Waals surface area contributed by atoms with Crippen molar-refractivity contribution in [2.24, 2.45) is 23.2 Å². The van der Waals surface area contributed by atoms with Crippen molar-refractivity contribution in [2.45, 2.75) is 71.1 Å². The highest BCUT2D eigenvalue weighted by atomic mass is 16.6. The zero-order valence-corrected chi connectivity index (χ0v) is 26.1. The molecule has 11 heteroatoms. The summed E-state index contributed by atoms with van der Waals surface area (Å²) in [5.41, 5.74) is 14.1. The van der Waals surface area contributed by atoms with E-state index >= 15 is 0 Å². The maximum Gasteiger partial charge on any atom is 0.312 e. The lowest BCUT2D eigenvalue weighted by Crippen LogP contribution is -2.50. The molecule has 4 fully saturated rings. The van der Waals surface area contributed by atoms with Crippen LogP contribution in [0.1, 0.15) is 74.5 Å². The number of nitrogens with zero attached hydrogens (tertiary/aromatic N) is 2. The number of amides is 1. The second-order valence-corrected chi connectivity index (χ2v) is 12.9. The van der Waals surface area contributed by atoms with Gasteiger partial charge in [0.15, 0.2) is 11.5 Å². The number of aromatic nitrogens is 2. The number of nitrogens with one attached hydrogen (secondary N) is 1. The van der Waals surface area contributed by atoms with Gasteiger partial charge in [0.05, 0.1) is 32.3 Å². The summed E-state index contributed by atoms with van der Waals surface area (Å²) >= 11 is 0. The number of unbranched alkanes of at least 4 members (excludes halogenated alkanes) is 1. The first-order valence-electron chi connectivity index (χ1n) is 15.9. The SMILES string of the molecule is COc1cc(Cc2cnc(N)nc2N)cc(C)c1OCCCCC(=O)NCCOCCOC(=O)C12CC3CC(CC(C3)C1)C2. The van der Waals surface area contributed by atoms with E-state index in [9.17, 15) is 9.59 Å². The Hall–Kier alpha value is -3.60. The second kappa shape index (κ2) is 14.5. The first-order valence-corrected chi connectivity index (χ1v) is 15.9. The number of carbonyl (C=O) groups is 2. The third kappa shape index (κ3) is 7.91. The molecule has 5 N–H and O–H groups in total. The Morgan fingerprint density at radius 1 is 1.00 bits per heavy atom. The Morgan fingerprint density at radius 3 is 2.41 bits per heavy atom. The van der Waals surface area contributed by atoms with Crippen LogP contribution in [-0.4, -0.2) is 61.9 Å². The molecule has 44 heavy (non-hydrogen) atoms. The summed E-state index contributed by atoms with van der Waals surface area (Å²) in [7, 11) is 1.61. The summed E-state index contributed by atoms with van der Waals surface area (Å²) in [5, 5.41) is 2.88. The summed E-state index contributed by atoms with van der Waals surface area (Å²) in [6.07, 6.45) is 11.0. The normalized spacial score (nSPS) is 23.4. The molecule has 11 nitrogen and oxygen atoms in total. The highest BCUT2D eigenvalue weighted by Crippen LogP contribution is 2.60. The summed E-state index contributed by atoms with van der Waals surface area (Å²) in [6, 6.07) is 3.94. The van der Waals surface area contributed by atoms with Gasteiger partial charge >= 0.3 is 5.97 Å². The van der Waals surface area contributed by atoms with Crippen LogP contribution >= 0.6 is 0 Å². The molecule has 0 spiro atoms. The number of hydrogen-bond acceptors (Lipinski definition) is 10. The van der Waals surface area contributed by atoms with Crippen molar-refractivity contribution in [3.05, 3.63) is 35.0 Å². The van der Waals surface area contributed by atoms with Gasteiger partial charge in [0, 0.05) is 31.1 Å². The van der Waals surface area contributed by atoms with Crippen LogP contribution in [0.3, 0.4) is 0 Å². The number of nitrogen functional groups attached to an aromatic ring is 2. The molecule has 0 aliphatic heterocycles. The first kappa shape index (κ1) is 31.8. The highest BCUT2D eigenvalue weighted by molar-refractivity contribution is 5.77. The van der Waals surface area contributed by atoms with E-state index in [1.807, 2.05) is 19.1 Å². The van der Waals surface area contributed by atoms with E-state index in [0.717, 1.165) is 60.1 Å². The number of methoxy groups -OCH3 is 1. The summed E-state index contributed by atoms with van der Waals surface area (Å²) < 4.78 is 22.8. The molecule has 0 atom stereocenters. The van der Waals surface area contributed by atoms with Crippen molar-refractivity contribution in [1.82, 2.24) is 15.3 Å². The fourth-order valence-corrected chi connectivity index (χ4v) is 7.76. The Bertz CT molecular complexity index is 1280. The van der Waals surface area contributed by atoms with Crippen LogP contribution in [0.2, 0.25) is 0 Å². The molecule has 0 saturated heterocycles. The molecule has 4 aliphatic rings. The smallest absolute Gasteiger partial charge is 0.312 e. The van der Waals surface area contributed by atoms with Gasteiger partial charge in [0.1, 0.15) is 12.4 Å². The van der Waals surface area contributed by atoms with Gasteiger partial charge in [-0.2, -0.15) is 4.98 Å². The van der Waals surface area contributed by atoms with E-state index in [0.29, 0.717) is 62.9 Å². The van der Waals surface area contributed by atoms with E-state index in [-0.39, 0.29) is 29.8 Å². The van der Waals surface area contributed by atoms with Crippen molar-refractivity contribution in [2.75, 3.05) is 51.5 Å². The van der Waals surface area contributed by atoms with Gasteiger partial charge in [-0.05, 0) is 93.2 Å². The quantitative estimate of drug-likeness (QED) is 0.187. The number of rotatable bonds is 16. The Balaban J connectivity index is 0.919. The van der Waals surface area contributed by atoms with Crippen molar-refractivity contribution in [3.63, 3.8) is 0 Å². The van der Waals surface area contributed by atoms with Gasteiger partial charge < -0.3 is 35.7 Å². The lowest BCUT2D eigenvalue weighted by Gasteiger charge is -2.55. The molecule has 0 radical (unpaired) electrons. The molecule has 4 bridgehead atoms. The molecule has 6 rings (SSSR count). The fraction of sp³-hybridized carbons (Fsp3) is 0.636. The van der Waals surface area contributed by atoms with Crippen LogP contribution in [0.25, 0.3) is 0 Å². The van der Waals surface area contributed by atoms with Crippen LogP contribution in [0.15, 0.2) is 18.3 Å². The summed E-state index contributed by atoms with van der Waals surface area (Å²) in [5.74, 6) is 3.94. The molecule has 1 amide bonds. The van der Waals surface area contributed by atoms with Crippen molar-refractivity contribution < 1.29 is 28.5 Å². The Labute approximate surface area is 259 Å². The molecular formula is C33H47N5O6. The minimum absolute atomic E-state index is 0.0152.